The SMILES string of the molecule is CCCNC1CC(Oc2ccc(F)cc2C)C1OCCC. The van der Waals surface area contributed by atoms with Crippen molar-refractivity contribution in [2.24, 2.45) is 0 Å². The minimum absolute atomic E-state index is 0.0510. The highest BCUT2D eigenvalue weighted by molar-refractivity contribution is 5.33. The van der Waals surface area contributed by atoms with Gasteiger partial charge in [-0.1, -0.05) is 13.8 Å². The molecule has 0 spiro atoms. The summed E-state index contributed by atoms with van der Waals surface area (Å²) in [6, 6.07) is 5.01. The molecule has 1 N–H and O–H groups in total. The summed E-state index contributed by atoms with van der Waals surface area (Å²) in [5, 5.41) is 3.50. The van der Waals surface area contributed by atoms with Crippen LogP contribution in [0.4, 0.5) is 4.39 Å². The minimum Gasteiger partial charge on any atom is -0.487 e. The van der Waals surface area contributed by atoms with E-state index < -0.39 is 0 Å². The molecule has 1 fully saturated rings. The van der Waals surface area contributed by atoms with Crippen LogP contribution < -0.4 is 10.1 Å². The first-order valence-electron chi connectivity index (χ1n) is 7.93. The maximum Gasteiger partial charge on any atom is 0.128 e. The van der Waals surface area contributed by atoms with Crippen LogP contribution in [0.1, 0.15) is 38.7 Å². The van der Waals surface area contributed by atoms with Crippen molar-refractivity contribution in [3.63, 3.8) is 0 Å². The molecule has 0 amide bonds. The Morgan fingerprint density at radius 3 is 2.76 bits per heavy atom. The average molecular weight is 295 g/mol. The highest BCUT2D eigenvalue weighted by atomic mass is 19.1. The maximum atomic E-state index is 13.1. The first-order chi connectivity index (χ1) is 10.2. The van der Waals surface area contributed by atoms with E-state index in [0.717, 1.165) is 43.7 Å². The predicted molar refractivity (Wildman–Crippen MR) is 82.3 cm³/mol. The third-order valence-corrected chi connectivity index (χ3v) is 3.84. The fourth-order valence-corrected chi connectivity index (χ4v) is 2.61. The maximum absolute atomic E-state index is 13.1. The molecule has 118 valence electrons. The highest BCUT2D eigenvalue weighted by Crippen LogP contribution is 2.31. The predicted octanol–water partition coefficient (Wildman–Crippen LogP) is 3.45. The Bertz CT molecular complexity index is 452. The third-order valence-electron chi connectivity index (χ3n) is 3.84. The van der Waals surface area contributed by atoms with Gasteiger partial charge in [0.05, 0.1) is 0 Å². The van der Waals surface area contributed by atoms with Crippen LogP contribution in [0, 0.1) is 12.7 Å². The summed E-state index contributed by atoms with van der Waals surface area (Å²) >= 11 is 0. The second kappa shape index (κ2) is 7.76. The van der Waals surface area contributed by atoms with Gasteiger partial charge in [0.1, 0.15) is 23.8 Å². The lowest BCUT2D eigenvalue weighted by atomic mass is 9.85. The second-order valence-electron chi connectivity index (χ2n) is 5.70. The molecule has 1 aromatic carbocycles. The molecular weight excluding hydrogens is 269 g/mol. The van der Waals surface area contributed by atoms with Gasteiger partial charge in [0.2, 0.25) is 0 Å². The summed E-state index contributed by atoms with van der Waals surface area (Å²) in [4.78, 5) is 0. The first-order valence-corrected chi connectivity index (χ1v) is 7.93. The van der Waals surface area contributed by atoms with E-state index in [1.807, 2.05) is 6.92 Å². The number of hydrogen-bond acceptors (Lipinski definition) is 3. The Morgan fingerprint density at radius 1 is 1.29 bits per heavy atom. The van der Waals surface area contributed by atoms with E-state index in [1.165, 1.54) is 12.1 Å². The monoisotopic (exact) mass is 295 g/mol. The van der Waals surface area contributed by atoms with Crippen molar-refractivity contribution in [1.82, 2.24) is 5.32 Å². The van der Waals surface area contributed by atoms with E-state index in [2.05, 4.69) is 19.2 Å². The largest absolute Gasteiger partial charge is 0.487 e. The second-order valence-corrected chi connectivity index (χ2v) is 5.70. The highest BCUT2D eigenvalue weighted by Gasteiger charge is 2.43. The number of rotatable bonds is 8. The molecule has 0 saturated heterocycles. The van der Waals surface area contributed by atoms with E-state index in [0.29, 0.717) is 6.04 Å². The van der Waals surface area contributed by atoms with Crippen molar-refractivity contribution in [3.05, 3.63) is 29.6 Å². The van der Waals surface area contributed by atoms with E-state index in [9.17, 15) is 4.39 Å². The first kappa shape index (κ1) is 16.2. The molecule has 1 aromatic rings. The van der Waals surface area contributed by atoms with Crippen molar-refractivity contribution >= 4 is 0 Å². The van der Waals surface area contributed by atoms with Gasteiger partial charge >= 0.3 is 0 Å². The molecule has 0 radical (unpaired) electrons. The van der Waals surface area contributed by atoms with E-state index in [-0.39, 0.29) is 18.0 Å². The van der Waals surface area contributed by atoms with E-state index in [4.69, 9.17) is 9.47 Å². The van der Waals surface area contributed by atoms with Crippen LogP contribution in [-0.4, -0.2) is 31.4 Å². The quantitative estimate of drug-likeness (QED) is 0.797. The van der Waals surface area contributed by atoms with Crippen molar-refractivity contribution in [1.29, 1.82) is 0 Å². The molecule has 3 atom stereocenters. The molecule has 0 bridgehead atoms. The number of halogens is 1. The molecule has 1 saturated carbocycles. The zero-order valence-corrected chi connectivity index (χ0v) is 13.2. The van der Waals surface area contributed by atoms with Crippen LogP contribution in [0.3, 0.4) is 0 Å². The van der Waals surface area contributed by atoms with Crippen LogP contribution in [0.15, 0.2) is 18.2 Å². The molecule has 4 heteroatoms. The smallest absolute Gasteiger partial charge is 0.128 e. The normalized spacial score (nSPS) is 24.7. The summed E-state index contributed by atoms with van der Waals surface area (Å²) < 4.78 is 25.1. The van der Waals surface area contributed by atoms with Gasteiger partial charge in [-0.25, -0.2) is 4.39 Å². The molecular formula is C17H26FNO2. The van der Waals surface area contributed by atoms with Crippen molar-refractivity contribution in [2.75, 3.05) is 13.2 Å². The summed E-state index contributed by atoms with van der Waals surface area (Å²) in [5.41, 5.74) is 0.828. The van der Waals surface area contributed by atoms with Gasteiger partial charge in [0.25, 0.3) is 0 Å². The van der Waals surface area contributed by atoms with Crippen LogP contribution >= 0.6 is 0 Å². The van der Waals surface area contributed by atoms with E-state index in [1.54, 1.807) is 6.07 Å². The zero-order chi connectivity index (χ0) is 15.2. The van der Waals surface area contributed by atoms with Gasteiger partial charge in [0, 0.05) is 19.1 Å². The number of ether oxygens (including phenoxy) is 2. The summed E-state index contributed by atoms with van der Waals surface area (Å²) in [6.45, 7) is 7.87. The van der Waals surface area contributed by atoms with Crippen LogP contribution in [0.25, 0.3) is 0 Å². The molecule has 0 heterocycles. The topological polar surface area (TPSA) is 30.5 Å². The summed E-state index contributed by atoms with van der Waals surface area (Å²) in [5.74, 6) is 0.523. The van der Waals surface area contributed by atoms with Gasteiger partial charge in [-0.2, -0.15) is 0 Å². The lowest BCUT2D eigenvalue weighted by Crippen LogP contribution is -2.61. The van der Waals surface area contributed by atoms with Crippen LogP contribution in [0.5, 0.6) is 5.75 Å². The van der Waals surface area contributed by atoms with Crippen LogP contribution in [-0.2, 0) is 4.74 Å². The molecule has 21 heavy (non-hydrogen) atoms. The summed E-state index contributed by atoms with van der Waals surface area (Å²) in [6.07, 6.45) is 3.18. The van der Waals surface area contributed by atoms with Gasteiger partial charge in [-0.05, 0) is 50.1 Å². The lowest BCUT2D eigenvalue weighted by Gasteiger charge is -2.44. The number of aryl methyl sites for hydroxylation is 1. The van der Waals surface area contributed by atoms with E-state index >= 15 is 0 Å². The Hall–Kier alpha value is -1.13. The lowest BCUT2D eigenvalue weighted by molar-refractivity contribution is -0.108. The molecule has 1 aliphatic carbocycles. The van der Waals surface area contributed by atoms with Crippen molar-refractivity contribution < 1.29 is 13.9 Å². The third kappa shape index (κ3) is 4.17. The zero-order valence-electron chi connectivity index (χ0n) is 13.2. The van der Waals surface area contributed by atoms with Gasteiger partial charge in [-0.15, -0.1) is 0 Å². The molecule has 2 rings (SSSR count). The Labute approximate surface area is 126 Å². The van der Waals surface area contributed by atoms with Gasteiger partial charge < -0.3 is 14.8 Å². The number of hydrogen-bond donors (Lipinski definition) is 1. The Kier molecular flexibility index (Phi) is 6.00. The molecule has 3 unspecified atom stereocenters. The van der Waals surface area contributed by atoms with Crippen molar-refractivity contribution in [3.8, 4) is 5.75 Å². The summed E-state index contributed by atoms with van der Waals surface area (Å²) in [7, 11) is 0. The average Bonchev–Trinajstić information content (AvgIpc) is 2.44. The van der Waals surface area contributed by atoms with Crippen LogP contribution in [0.2, 0.25) is 0 Å². The Balaban J connectivity index is 1.95. The fourth-order valence-electron chi connectivity index (χ4n) is 2.61. The standard InChI is InChI=1S/C17H26FNO2/c1-4-8-19-14-11-16(17(14)20-9-5-2)21-15-7-6-13(18)10-12(15)3/h6-7,10,14,16-17,19H,4-5,8-9,11H2,1-3H3. The minimum atomic E-state index is -0.227. The molecule has 3 nitrogen and oxygen atoms in total. The molecule has 0 aliphatic heterocycles. The number of benzene rings is 1. The van der Waals surface area contributed by atoms with Crippen molar-refractivity contribution in [2.45, 2.75) is 58.3 Å². The van der Waals surface area contributed by atoms with Gasteiger partial charge in [0.15, 0.2) is 0 Å². The van der Waals surface area contributed by atoms with Gasteiger partial charge in [-0.3, -0.25) is 0 Å². The number of nitrogens with one attached hydrogen (secondary N) is 1. The molecule has 1 aliphatic rings. The molecule has 0 aromatic heterocycles. The fraction of sp³-hybridized carbons (Fsp3) is 0.647. The Morgan fingerprint density at radius 2 is 2.10 bits per heavy atom.